The summed E-state index contributed by atoms with van der Waals surface area (Å²) in [6.45, 7) is 4.22. The molecule has 0 aromatic heterocycles. The monoisotopic (exact) mass is 377 g/mol. The minimum absolute atomic E-state index is 0.0433. The first-order valence-electron chi connectivity index (χ1n) is 8.81. The number of methoxy groups -OCH3 is 1. The minimum atomic E-state index is -0.0433. The predicted molar refractivity (Wildman–Crippen MR) is 112 cm³/mol. The van der Waals surface area contributed by atoms with Crippen LogP contribution in [0.3, 0.4) is 0 Å². The Bertz CT molecular complexity index is 935. The molecule has 0 atom stereocenters. The van der Waals surface area contributed by atoms with Crippen molar-refractivity contribution < 1.29 is 9.53 Å². The molecule has 27 heavy (non-hydrogen) atoms. The summed E-state index contributed by atoms with van der Waals surface area (Å²) in [5.41, 5.74) is 4.24. The number of benzene rings is 3. The molecule has 3 aromatic carbocycles. The van der Waals surface area contributed by atoms with Gasteiger partial charge in [0.15, 0.2) is 0 Å². The van der Waals surface area contributed by atoms with Gasteiger partial charge in [-0.05, 0) is 73.0 Å². The molecule has 1 N–H and O–H groups in total. The SMILES string of the molecule is COc1cccc(CC(=O)Nc2ccc(Sc3cc(C)ccc3C)cc2)c1. The number of nitrogens with one attached hydrogen (secondary N) is 1. The van der Waals surface area contributed by atoms with Crippen molar-refractivity contribution in [3.05, 3.63) is 83.4 Å². The van der Waals surface area contributed by atoms with Gasteiger partial charge in [-0.1, -0.05) is 36.0 Å². The molecule has 1 amide bonds. The van der Waals surface area contributed by atoms with Crippen molar-refractivity contribution in [1.82, 2.24) is 0 Å². The van der Waals surface area contributed by atoms with E-state index in [1.165, 1.54) is 16.0 Å². The van der Waals surface area contributed by atoms with E-state index in [-0.39, 0.29) is 5.91 Å². The summed E-state index contributed by atoms with van der Waals surface area (Å²) in [4.78, 5) is 14.7. The predicted octanol–water partition coefficient (Wildman–Crippen LogP) is 5.64. The van der Waals surface area contributed by atoms with Crippen molar-refractivity contribution in [3.63, 3.8) is 0 Å². The molecule has 3 nitrogen and oxygen atoms in total. The molecule has 0 saturated heterocycles. The second kappa shape index (κ2) is 8.78. The summed E-state index contributed by atoms with van der Waals surface area (Å²) in [5, 5.41) is 2.95. The smallest absolute Gasteiger partial charge is 0.228 e. The lowest BCUT2D eigenvalue weighted by Gasteiger charge is -2.09. The van der Waals surface area contributed by atoms with E-state index in [1.54, 1.807) is 18.9 Å². The van der Waals surface area contributed by atoms with Crippen LogP contribution < -0.4 is 10.1 Å². The zero-order valence-corrected chi connectivity index (χ0v) is 16.6. The molecule has 0 bridgehead atoms. The maximum Gasteiger partial charge on any atom is 0.228 e. The van der Waals surface area contributed by atoms with Crippen LogP contribution >= 0.6 is 11.8 Å². The first kappa shape index (κ1) is 19.1. The molecule has 0 aliphatic rings. The van der Waals surface area contributed by atoms with E-state index in [4.69, 9.17) is 4.74 Å². The van der Waals surface area contributed by atoms with Crippen LogP contribution in [-0.2, 0) is 11.2 Å². The molecule has 3 aromatic rings. The number of carbonyl (C=O) groups excluding carboxylic acids is 1. The third kappa shape index (κ3) is 5.38. The van der Waals surface area contributed by atoms with Gasteiger partial charge in [0.05, 0.1) is 13.5 Å². The summed E-state index contributed by atoms with van der Waals surface area (Å²) in [5.74, 6) is 0.714. The summed E-state index contributed by atoms with van der Waals surface area (Å²) in [6.07, 6.45) is 0.316. The highest BCUT2D eigenvalue weighted by molar-refractivity contribution is 7.99. The van der Waals surface area contributed by atoms with Gasteiger partial charge in [-0.15, -0.1) is 0 Å². The Morgan fingerprint density at radius 3 is 2.52 bits per heavy atom. The Hall–Kier alpha value is -2.72. The lowest BCUT2D eigenvalue weighted by Crippen LogP contribution is -2.14. The second-order valence-electron chi connectivity index (χ2n) is 6.47. The average Bonchev–Trinajstić information content (AvgIpc) is 2.66. The van der Waals surface area contributed by atoms with Gasteiger partial charge in [0.1, 0.15) is 5.75 Å². The lowest BCUT2D eigenvalue weighted by molar-refractivity contribution is -0.115. The number of aryl methyl sites for hydroxylation is 2. The van der Waals surface area contributed by atoms with Crippen molar-refractivity contribution in [2.75, 3.05) is 12.4 Å². The van der Waals surface area contributed by atoms with E-state index in [0.717, 1.165) is 21.9 Å². The summed E-state index contributed by atoms with van der Waals surface area (Å²) >= 11 is 1.74. The second-order valence-corrected chi connectivity index (χ2v) is 7.59. The molecular formula is C23H23NO2S. The van der Waals surface area contributed by atoms with E-state index in [9.17, 15) is 4.79 Å². The standard InChI is InChI=1S/C23H23NO2S/c1-16-7-8-17(2)22(13-16)27-21-11-9-19(10-12-21)24-23(25)15-18-5-4-6-20(14-18)26-3/h4-14H,15H2,1-3H3,(H,24,25). The van der Waals surface area contributed by atoms with Crippen molar-refractivity contribution in [1.29, 1.82) is 0 Å². The van der Waals surface area contributed by atoms with Crippen LogP contribution in [-0.4, -0.2) is 13.0 Å². The van der Waals surface area contributed by atoms with Crippen LogP contribution in [0.2, 0.25) is 0 Å². The van der Waals surface area contributed by atoms with Crippen molar-refractivity contribution in [2.24, 2.45) is 0 Å². The van der Waals surface area contributed by atoms with Gasteiger partial charge in [-0.25, -0.2) is 0 Å². The maximum atomic E-state index is 12.3. The molecule has 3 rings (SSSR count). The molecular weight excluding hydrogens is 354 g/mol. The van der Waals surface area contributed by atoms with Gasteiger partial charge in [0.2, 0.25) is 5.91 Å². The summed E-state index contributed by atoms with van der Waals surface area (Å²) in [7, 11) is 1.62. The van der Waals surface area contributed by atoms with Gasteiger partial charge >= 0.3 is 0 Å². The van der Waals surface area contributed by atoms with E-state index < -0.39 is 0 Å². The maximum absolute atomic E-state index is 12.3. The minimum Gasteiger partial charge on any atom is -0.497 e. The Kier molecular flexibility index (Phi) is 6.20. The Morgan fingerprint density at radius 2 is 1.78 bits per heavy atom. The normalized spacial score (nSPS) is 10.5. The molecule has 4 heteroatoms. The van der Waals surface area contributed by atoms with E-state index >= 15 is 0 Å². The van der Waals surface area contributed by atoms with Crippen molar-refractivity contribution in [2.45, 2.75) is 30.1 Å². The van der Waals surface area contributed by atoms with Crippen molar-refractivity contribution in [3.8, 4) is 5.75 Å². The lowest BCUT2D eigenvalue weighted by atomic mass is 10.1. The third-order valence-corrected chi connectivity index (χ3v) is 5.38. The summed E-state index contributed by atoms with van der Waals surface area (Å²) in [6, 6.07) is 22.0. The van der Waals surface area contributed by atoms with Crippen LogP contribution in [0.5, 0.6) is 5.75 Å². The molecule has 0 radical (unpaired) electrons. The molecule has 0 saturated carbocycles. The Morgan fingerprint density at radius 1 is 1.00 bits per heavy atom. The van der Waals surface area contributed by atoms with Crippen LogP contribution in [0.15, 0.2) is 76.5 Å². The van der Waals surface area contributed by atoms with E-state index in [2.05, 4.69) is 37.4 Å². The topological polar surface area (TPSA) is 38.3 Å². The van der Waals surface area contributed by atoms with E-state index in [0.29, 0.717) is 6.42 Å². The molecule has 0 heterocycles. The van der Waals surface area contributed by atoms with Gasteiger partial charge in [0, 0.05) is 15.5 Å². The molecule has 0 spiro atoms. The van der Waals surface area contributed by atoms with Crippen LogP contribution in [0.1, 0.15) is 16.7 Å². The average molecular weight is 378 g/mol. The number of ether oxygens (including phenoxy) is 1. The number of carbonyl (C=O) groups is 1. The first-order valence-corrected chi connectivity index (χ1v) is 9.63. The Balaban J connectivity index is 1.61. The number of amides is 1. The third-order valence-electron chi connectivity index (χ3n) is 4.21. The van der Waals surface area contributed by atoms with Crippen molar-refractivity contribution >= 4 is 23.4 Å². The van der Waals surface area contributed by atoms with Gasteiger partial charge < -0.3 is 10.1 Å². The fourth-order valence-electron chi connectivity index (χ4n) is 2.72. The molecule has 138 valence electrons. The van der Waals surface area contributed by atoms with Gasteiger partial charge in [-0.3, -0.25) is 4.79 Å². The number of hydrogen-bond donors (Lipinski definition) is 1. The van der Waals surface area contributed by atoms with Crippen LogP contribution in [0, 0.1) is 13.8 Å². The first-order chi connectivity index (χ1) is 13.0. The van der Waals surface area contributed by atoms with Crippen LogP contribution in [0.4, 0.5) is 5.69 Å². The zero-order valence-electron chi connectivity index (χ0n) is 15.8. The molecule has 0 unspecified atom stereocenters. The fourth-order valence-corrected chi connectivity index (χ4v) is 3.72. The number of rotatable bonds is 6. The molecule has 0 fully saturated rings. The quantitative estimate of drug-likeness (QED) is 0.604. The van der Waals surface area contributed by atoms with Gasteiger partial charge in [0.25, 0.3) is 0 Å². The Labute approximate surface area is 164 Å². The molecule has 0 aliphatic heterocycles. The number of hydrogen-bond acceptors (Lipinski definition) is 3. The van der Waals surface area contributed by atoms with Gasteiger partial charge in [-0.2, -0.15) is 0 Å². The number of anilines is 1. The largest absolute Gasteiger partial charge is 0.497 e. The highest BCUT2D eigenvalue weighted by atomic mass is 32.2. The van der Waals surface area contributed by atoms with Crippen LogP contribution in [0.25, 0.3) is 0 Å². The zero-order chi connectivity index (χ0) is 19.2. The highest BCUT2D eigenvalue weighted by Gasteiger charge is 2.06. The highest BCUT2D eigenvalue weighted by Crippen LogP contribution is 2.31. The van der Waals surface area contributed by atoms with E-state index in [1.807, 2.05) is 48.5 Å². The fraction of sp³-hybridized carbons (Fsp3) is 0.174. The molecule has 0 aliphatic carbocycles. The summed E-state index contributed by atoms with van der Waals surface area (Å²) < 4.78 is 5.20.